The highest BCUT2D eigenvalue weighted by atomic mass is 32.2. The zero-order valence-corrected chi connectivity index (χ0v) is 12.3. The normalized spacial score (nSPS) is 11.3. The maximum Gasteiger partial charge on any atom is 0.175 e. The molecule has 0 aliphatic heterocycles. The van der Waals surface area contributed by atoms with Gasteiger partial charge in [-0.2, -0.15) is 0 Å². The van der Waals surface area contributed by atoms with E-state index in [9.17, 15) is 8.42 Å². The van der Waals surface area contributed by atoms with Crippen molar-refractivity contribution in [3.63, 3.8) is 0 Å². The highest BCUT2D eigenvalue weighted by Gasteiger charge is 2.08. The molecule has 2 rings (SSSR count). The molecule has 0 aliphatic carbocycles. The summed E-state index contributed by atoms with van der Waals surface area (Å²) in [6.45, 7) is 0.751. The quantitative estimate of drug-likeness (QED) is 0.920. The Bertz CT molecular complexity index is 696. The zero-order valence-electron chi connectivity index (χ0n) is 11.5. The lowest BCUT2D eigenvalue weighted by atomic mass is 10.2. The van der Waals surface area contributed by atoms with Crippen LogP contribution < -0.4 is 10.1 Å². The Hall–Kier alpha value is -1.85. The van der Waals surface area contributed by atoms with Crippen LogP contribution in [0.5, 0.6) is 11.5 Å². The molecule has 0 heterocycles. The van der Waals surface area contributed by atoms with Crippen molar-refractivity contribution in [2.75, 3.05) is 13.3 Å². The zero-order chi connectivity index (χ0) is 14.6. The molecule has 1 N–H and O–H groups in total. The Morgan fingerprint density at radius 1 is 1.05 bits per heavy atom. The van der Waals surface area contributed by atoms with Gasteiger partial charge in [0.25, 0.3) is 0 Å². The summed E-state index contributed by atoms with van der Waals surface area (Å²) >= 11 is 0. The molecule has 106 valence electrons. The molecule has 0 saturated carbocycles. The Kier molecular flexibility index (Phi) is 4.42. The van der Waals surface area contributed by atoms with Gasteiger partial charge in [0.1, 0.15) is 11.5 Å². The largest absolute Gasteiger partial charge is 0.457 e. The van der Waals surface area contributed by atoms with Crippen molar-refractivity contribution in [1.82, 2.24) is 5.32 Å². The van der Waals surface area contributed by atoms with E-state index in [1.807, 2.05) is 31.3 Å². The van der Waals surface area contributed by atoms with Crippen molar-refractivity contribution in [2.24, 2.45) is 0 Å². The van der Waals surface area contributed by atoms with E-state index in [2.05, 4.69) is 5.32 Å². The summed E-state index contributed by atoms with van der Waals surface area (Å²) in [6, 6.07) is 14.1. The van der Waals surface area contributed by atoms with Gasteiger partial charge in [-0.3, -0.25) is 0 Å². The molecule has 2 aromatic rings. The summed E-state index contributed by atoms with van der Waals surface area (Å²) in [5.41, 5.74) is 1.10. The summed E-state index contributed by atoms with van der Waals surface area (Å²) in [5, 5.41) is 3.07. The minimum Gasteiger partial charge on any atom is -0.457 e. The van der Waals surface area contributed by atoms with Crippen molar-refractivity contribution < 1.29 is 13.2 Å². The third-order valence-corrected chi connectivity index (χ3v) is 3.86. The van der Waals surface area contributed by atoms with Crippen LogP contribution in [-0.4, -0.2) is 21.7 Å². The summed E-state index contributed by atoms with van der Waals surface area (Å²) in [7, 11) is -1.35. The van der Waals surface area contributed by atoms with Gasteiger partial charge in [-0.05, 0) is 42.9 Å². The predicted octanol–water partition coefficient (Wildman–Crippen LogP) is 2.60. The van der Waals surface area contributed by atoms with Gasteiger partial charge in [0.15, 0.2) is 9.84 Å². The molecule has 0 fully saturated rings. The molecule has 0 radical (unpaired) electrons. The number of hydrogen-bond acceptors (Lipinski definition) is 4. The van der Waals surface area contributed by atoms with E-state index in [1.54, 1.807) is 18.2 Å². The number of rotatable bonds is 5. The lowest BCUT2D eigenvalue weighted by Crippen LogP contribution is -2.04. The van der Waals surface area contributed by atoms with Gasteiger partial charge in [0.2, 0.25) is 0 Å². The van der Waals surface area contributed by atoms with E-state index < -0.39 is 9.84 Å². The fourth-order valence-electron chi connectivity index (χ4n) is 1.83. The summed E-state index contributed by atoms with van der Waals surface area (Å²) in [5.74, 6) is 1.19. The standard InChI is InChI=1S/C15H17NO3S/c1-16-11-12-5-3-6-13(9-12)19-14-7-4-8-15(10-14)20(2,17)18/h3-10,16H,11H2,1-2H3. The van der Waals surface area contributed by atoms with Crippen LogP contribution in [0.1, 0.15) is 5.56 Å². The molecule has 0 atom stereocenters. The monoisotopic (exact) mass is 291 g/mol. The Labute approximate surface area is 119 Å². The van der Waals surface area contributed by atoms with E-state index in [-0.39, 0.29) is 4.90 Å². The van der Waals surface area contributed by atoms with Crippen molar-refractivity contribution in [3.05, 3.63) is 54.1 Å². The van der Waals surface area contributed by atoms with Gasteiger partial charge >= 0.3 is 0 Å². The molecule has 0 saturated heterocycles. The van der Waals surface area contributed by atoms with Crippen molar-refractivity contribution in [1.29, 1.82) is 0 Å². The highest BCUT2D eigenvalue weighted by molar-refractivity contribution is 7.90. The predicted molar refractivity (Wildman–Crippen MR) is 78.8 cm³/mol. The molecule has 2 aromatic carbocycles. The fourth-order valence-corrected chi connectivity index (χ4v) is 2.48. The first-order chi connectivity index (χ1) is 9.49. The number of hydrogen-bond donors (Lipinski definition) is 1. The Balaban J connectivity index is 2.24. The highest BCUT2D eigenvalue weighted by Crippen LogP contribution is 2.24. The Morgan fingerprint density at radius 2 is 1.70 bits per heavy atom. The number of nitrogens with one attached hydrogen (secondary N) is 1. The van der Waals surface area contributed by atoms with Crippen molar-refractivity contribution >= 4 is 9.84 Å². The van der Waals surface area contributed by atoms with Gasteiger partial charge < -0.3 is 10.1 Å². The van der Waals surface area contributed by atoms with Crippen LogP contribution in [-0.2, 0) is 16.4 Å². The number of ether oxygens (including phenoxy) is 1. The van der Waals surface area contributed by atoms with Crippen LogP contribution >= 0.6 is 0 Å². The van der Waals surface area contributed by atoms with E-state index in [0.717, 1.165) is 12.1 Å². The molecule has 20 heavy (non-hydrogen) atoms. The second-order valence-corrected chi connectivity index (χ2v) is 6.54. The molecule has 0 aromatic heterocycles. The Morgan fingerprint density at radius 3 is 2.35 bits per heavy atom. The minimum atomic E-state index is -3.22. The number of sulfone groups is 1. The first-order valence-corrected chi connectivity index (χ1v) is 8.10. The third kappa shape index (κ3) is 3.82. The molecule has 5 heteroatoms. The lowest BCUT2D eigenvalue weighted by Gasteiger charge is -2.08. The van der Waals surface area contributed by atoms with Gasteiger partial charge in [0, 0.05) is 12.8 Å². The summed E-state index contributed by atoms with van der Waals surface area (Å²) in [6.07, 6.45) is 1.18. The minimum absolute atomic E-state index is 0.251. The average molecular weight is 291 g/mol. The number of benzene rings is 2. The van der Waals surface area contributed by atoms with Crippen molar-refractivity contribution in [3.8, 4) is 11.5 Å². The van der Waals surface area contributed by atoms with E-state index in [4.69, 9.17) is 4.74 Å². The van der Waals surface area contributed by atoms with Gasteiger partial charge in [-0.25, -0.2) is 8.42 Å². The molecular formula is C15H17NO3S. The first-order valence-electron chi connectivity index (χ1n) is 6.20. The molecule has 0 bridgehead atoms. The van der Waals surface area contributed by atoms with Crippen LogP contribution in [0.4, 0.5) is 0 Å². The van der Waals surface area contributed by atoms with Crippen molar-refractivity contribution in [2.45, 2.75) is 11.4 Å². The van der Waals surface area contributed by atoms with Crippen LogP contribution in [0.25, 0.3) is 0 Å². The first kappa shape index (κ1) is 14.6. The molecule has 0 spiro atoms. The van der Waals surface area contributed by atoms with Gasteiger partial charge in [-0.15, -0.1) is 0 Å². The molecule has 0 aliphatic rings. The fraction of sp³-hybridized carbons (Fsp3) is 0.200. The van der Waals surface area contributed by atoms with Crippen LogP contribution in [0, 0.1) is 0 Å². The summed E-state index contributed by atoms with van der Waals surface area (Å²) < 4.78 is 28.7. The van der Waals surface area contributed by atoms with Crippen LogP contribution in [0.15, 0.2) is 53.4 Å². The maximum atomic E-state index is 11.5. The SMILES string of the molecule is CNCc1cccc(Oc2cccc(S(C)(=O)=O)c2)c1. The molecule has 0 unspecified atom stereocenters. The molecule has 4 nitrogen and oxygen atoms in total. The van der Waals surface area contributed by atoms with Gasteiger partial charge in [-0.1, -0.05) is 18.2 Å². The third-order valence-electron chi connectivity index (χ3n) is 2.75. The molecular weight excluding hydrogens is 274 g/mol. The van der Waals surface area contributed by atoms with Crippen LogP contribution in [0.2, 0.25) is 0 Å². The van der Waals surface area contributed by atoms with Crippen LogP contribution in [0.3, 0.4) is 0 Å². The van der Waals surface area contributed by atoms with E-state index >= 15 is 0 Å². The van der Waals surface area contributed by atoms with E-state index in [1.165, 1.54) is 12.3 Å². The second kappa shape index (κ2) is 6.07. The molecule has 0 amide bonds. The van der Waals surface area contributed by atoms with Gasteiger partial charge in [0.05, 0.1) is 4.90 Å². The smallest absolute Gasteiger partial charge is 0.175 e. The lowest BCUT2D eigenvalue weighted by molar-refractivity contribution is 0.480. The maximum absolute atomic E-state index is 11.5. The summed E-state index contributed by atoms with van der Waals surface area (Å²) in [4.78, 5) is 0.251. The van der Waals surface area contributed by atoms with E-state index in [0.29, 0.717) is 11.5 Å². The second-order valence-electron chi connectivity index (χ2n) is 4.53. The topological polar surface area (TPSA) is 55.4 Å². The average Bonchev–Trinajstić information content (AvgIpc) is 2.39.